The second kappa shape index (κ2) is 8.07. The van der Waals surface area contributed by atoms with Gasteiger partial charge in [-0.1, -0.05) is 0 Å². The van der Waals surface area contributed by atoms with Crippen molar-refractivity contribution in [3.8, 4) is 11.5 Å². The molecule has 0 spiro atoms. The molecule has 0 radical (unpaired) electrons. The first kappa shape index (κ1) is 20.2. The Kier molecular flexibility index (Phi) is 5.08. The Morgan fingerprint density at radius 3 is 2.72 bits per heavy atom. The Bertz CT molecular complexity index is 1330. The van der Waals surface area contributed by atoms with Gasteiger partial charge in [-0.2, -0.15) is 0 Å². The first-order valence-corrected chi connectivity index (χ1v) is 10.7. The smallest absolute Gasteiger partial charge is 0.259 e. The molecule has 0 N–H and O–H groups in total. The van der Waals surface area contributed by atoms with Crippen molar-refractivity contribution in [2.75, 3.05) is 13.1 Å². The highest BCUT2D eigenvalue weighted by Gasteiger charge is 2.29. The van der Waals surface area contributed by atoms with Gasteiger partial charge in [0.15, 0.2) is 0 Å². The maximum Gasteiger partial charge on any atom is 0.259 e. The molecule has 0 aromatic carbocycles. The van der Waals surface area contributed by atoms with Crippen LogP contribution in [0.1, 0.15) is 47.6 Å². The van der Waals surface area contributed by atoms with E-state index in [2.05, 4.69) is 15.2 Å². The molecule has 1 aliphatic heterocycles. The van der Waals surface area contributed by atoms with Gasteiger partial charge in [0.05, 0.1) is 17.2 Å². The Balaban J connectivity index is 1.35. The van der Waals surface area contributed by atoms with E-state index in [1.54, 1.807) is 41.8 Å². The Labute approximate surface area is 183 Å². The number of pyridine rings is 2. The maximum atomic E-state index is 13.2. The van der Waals surface area contributed by atoms with Crippen LogP contribution in [0.2, 0.25) is 0 Å². The maximum absolute atomic E-state index is 13.2. The number of nitrogens with zero attached hydrogens (tertiary/aromatic N) is 5. The number of fused-ring (bicyclic) bond motifs is 1. The highest BCUT2D eigenvalue weighted by molar-refractivity contribution is 5.97. The lowest BCUT2D eigenvalue weighted by atomic mass is 9.96. The molecule has 5 heterocycles. The van der Waals surface area contributed by atoms with E-state index in [-0.39, 0.29) is 22.8 Å². The van der Waals surface area contributed by atoms with Crippen LogP contribution in [0.25, 0.3) is 22.5 Å². The molecule has 5 rings (SSSR count). The normalized spacial score (nSPS) is 14.9. The second-order valence-corrected chi connectivity index (χ2v) is 8.01. The summed E-state index contributed by atoms with van der Waals surface area (Å²) in [5.74, 6) is 0.812. The molecule has 1 fully saturated rings. The Morgan fingerprint density at radius 2 is 2.00 bits per heavy atom. The van der Waals surface area contributed by atoms with Gasteiger partial charge in [0.25, 0.3) is 11.8 Å². The molecule has 1 amide bonds. The van der Waals surface area contributed by atoms with Crippen LogP contribution in [0, 0.1) is 6.92 Å². The third-order valence-electron chi connectivity index (χ3n) is 5.97. The molecular weight excluding hydrogens is 410 g/mol. The molecule has 0 saturated carbocycles. The number of carbonyl (C=O) groups is 1. The average molecular weight is 433 g/mol. The summed E-state index contributed by atoms with van der Waals surface area (Å²) in [5.41, 5.74) is 2.09. The van der Waals surface area contributed by atoms with E-state index >= 15 is 0 Å². The standard InChI is InChI=1S/C23H23N5O4/c1-3-27-12-18(19(29)17-5-4-14(2)24-20(17)27)23(30)28-9-6-15(7-10-28)21-25-26-22(32-21)16-8-11-31-13-16/h4-5,8,11-13,15H,3,6-7,9-10H2,1-2H3. The lowest BCUT2D eigenvalue weighted by Crippen LogP contribution is -2.40. The van der Waals surface area contributed by atoms with Gasteiger partial charge in [-0.3, -0.25) is 9.59 Å². The number of hydrogen-bond acceptors (Lipinski definition) is 7. The summed E-state index contributed by atoms with van der Waals surface area (Å²) < 4.78 is 12.7. The van der Waals surface area contributed by atoms with E-state index in [9.17, 15) is 9.59 Å². The van der Waals surface area contributed by atoms with Crippen molar-refractivity contribution in [3.05, 3.63) is 64.3 Å². The largest absolute Gasteiger partial charge is 0.472 e. The molecule has 4 aromatic heterocycles. The van der Waals surface area contributed by atoms with Crippen molar-refractivity contribution >= 4 is 16.9 Å². The predicted molar refractivity (Wildman–Crippen MR) is 116 cm³/mol. The van der Waals surface area contributed by atoms with Crippen molar-refractivity contribution in [1.82, 2.24) is 24.6 Å². The van der Waals surface area contributed by atoms with Gasteiger partial charge < -0.3 is 18.3 Å². The number of piperidine rings is 1. The molecule has 32 heavy (non-hydrogen) atoms. The molecular formula is C23H23N5O4. The van der Waals surface area contributed by atoms with Gasteiger partial charge in [-0.05, 0) is 44.9 Å². The van der Waals surface area contributed by atoms with Gasteiger partial charge in [-0.15, -0.1) is 10.2 Å². The average Bonchev–Trinajstić information content (AvgIpc) is 3.51. The quantitative estimate of drug-likeness (QED) is 0.485. The summed E-state index contributed by atoms with van der Waals surface area (Å²) in [7, 11) is 0. The molecule has 0 bridgehead atoms. The van der Waals surface area contributed by atoms with E-state index in [1.807, 2.05) is 18.4 Å². The molecule has 164 valence electrons. The number of amides is 1. The third-order valence-corrected chi connectivity index (χ3v) is 5.97. The number of rotatable bonds is 4. The zero-order chi connectivity index (χ0) is 22.2. The van der Waals surface area contributed by atoms with Crippen LogP contribution in [0.15, 0.2) is 50.6 Å². The molecule has 9 nitrogen and oxygen atoms in total. The first-order chi connectivity index (χ1) is 15.5. The van der Waals surface area contributed by atoms with E-state index < -0.39 is 0 Å². The highest BCUT2D eigenvalue weighted by Crippen LogP contribution is 2.30. The summed E-state index contributed by atoms with van der Waals surface area (Å²) in [4.78, 5) is 32.5. The molecule has 9 heteroatoms. The third kappa shape index (κ3) is 3.49. The molecule has 0 atom stereocenters. The zero-order valence-corrected chi connectivity index (χ0v) is 17.9. The highest BCUT2D eigenvalue weighted by atomic mass is 16.4. The number of likely N-dealkylation sites (tertiary alicyclic amines) is 1. The summed E-state index contributed by atoms with van der Waals surface area (Å²) in [5, 5.41) is 8.74. The van der Waals surface area contributed by atoms with E-state index in [4.69, 9.17) is 8.83 Å². The molecule has 0 unspecified atom stereocenters. The van der Waals surface area contributed by atoms with Crippen molar-refractivity contribution in [2.45, 2.75) is 39.2 Å². The van der Waals surface area contributed by atoms with Crippen LogP contribution in [-0.4, -0.2) is 43.6 Å². The fourth-order valence-electron chi connectivity index (χ4n) is 4.16. The molecule has 1 aliphatic rings. The van der Waals surface area contributed by atoms with Crippen LogP contribution in [0.5, 0.6) is 0 Å². The summed E-state index contributed by atoms with van der Waals surface area (Å²) in [6, 6.07) is 5.32. The van der Waals surface area contributed by atoms with Crippen LogP contribution < -0.4 is 5.43 Å². The van der Waals surface area contributed by atoms with Gasteiger partial charge in [0.2, 0.25) is 11.3 Å². The van der Waals surface area contributed by atoms with E-state index in [1.165, 1.54) is 0 Å². The number of aromatic nitrogens is 4. The topological polar surface area (TPSA) is 107 Å². The minimum Gasteiger partial charge on any atom is -0.472 e. The molecule has 4 aromatic rings. The van der Waals surface area contributed by atoms with Crippen LogP contribution >= 0.6 is 0 Å². The fraction of sp³-hybridized carbons (Fsp3) is 0.348. The van der Waals surface area contributed by atoms with E-state index in [0.29, 0.717) is 55.3 Å². The summed E-state index contributed by atoms with van der Waals surface area (Å²) >= 11 is 0. The van der Waals surface area contributed by atoms with Gasteiger partial charge >= 0.3 is 0 Å². The van der Waals surface area contributed by atoms with E-state index in [0.717, 1.165) is 11.3 Å². The monoisotopic (exact) mass is 433 g/mol. The molecule has 0 aliphatic carbocycles. The SMILES string of the molecule is CCn1cc(C(=O)N2CCC(c3nnc(-c4ccoc4)o3)CC2)c(=O)c2ccc(C)nc21. The van der Waals surface area contributed by atoms with Crippen molar-refractivity contribution in [1.29, 1.82) is 0 Å². The predicted octanol–water partition coefficient (Wildman–Crippen LogP) is 3.39. The summed E-state index contributed by atoms with van der Waals surface area (Å²) in [6.45, 7) is 5.50. The lowest BCUT2D eigenvalue weighted by Gasteiger charge is -2.30. The number of furan rings is 1. The number of carbonyl (C=O) groups excluding carboxylic acids is 1. The number of hydrogen-bond donors (Lipinski definition) is 0. The van der Waals surface area contributed by atoms with Crippen LogP contribution in [0.4, 0.5) is 0 Å². The minimum atomic E-state index is -0.272. The zero-order valence-electron chi connectivity index (χ0n) is 17.9. The summed E-state index contributed by atoms with van der Waals surface area (Å²) in [6.07, 6.45) is 6.13. The second-order valence-electron chi connectivity index (χ2n) is 8.01. The number of aryl methyl sites for hydroxylation is 2. The van der Waals surface area contributed by atoms with Crippen molar-refractivity contribution < 1.29 is 13.6 Å². The van der Waals surface area contributed by atoms with Gasteiger partial charge in [-0.25, -0.2) is 4.98 Å². The van der Waals surface area contributed by atoms with Crippen LogP contribution in [-0.2, 0) is 6.54 Å². The minimum absolute atomic E-state index is 0.0725. The van der Waals surface area contributed by atoms with Gasteiger partial charge in [0.1, 0.15) is 17.5 Å². The van der Waals surface area contributed by atoms with Crippen molar-refractivity contribution in [3.63, 3.8) is 0 Å². The fourth-order valence-corrected chi connectivity index (χ4v) is 4.16. The molecule has 1 saturated heterocycles. The first-order valence-electron chi connectivity index (χ1n) is 10.7. The van der Waals surface area contributed by atoms with Crippen LogP contribution in [0.3, 0.4) is 0 Å². The van der Waals surface area contributed by atoms with Gasteiger partial charge in [0, 0.05) is 37.4 Å². The Morgan fingerprint density at radius 1 is 1.19 bits per heavy atom. The lowest BCUT2D eigenvalue weighted by molar-refractivity contribution is 0.0704. The van der Waals surface area contributed by atoms with Crippen molar-refractivity contribution in [2.24, 2.45) is 0 Å². The Hall–Kier alpha value is -3.75.